The number of carboxylic acids is 2. The monoisotopic (exact) mass is 572 g/mol. The molecular formula is C23H42Na2O11S. The van der Waals surface area contributed by atoms with Gasteiger partial charge < -0.3 is 34.8 Å². The molecule has 11 nitrogen and oxygen atoms in total. The van der Waals surface area contributed by atoms with Crippen molar-refractivity contribution in [3.05, 3.63) is 0 Å². The number of rotatable bonds is 21. The summed E-state index contributed by atoms with van der Waals surface area (Å²) in [5.41, 5.74) is 0. The van der Waals surface area contributed by atoms with Crippen LogP contribution >= 0.6 is 0 Å². The summed E-state index contributed by atoms with van der Waals surface area (Å²) in [4.78, 5) is 31.1. The van der Waals surface area contributed by atoms with Gasteiger partial charge in [-0.15, -0.1) is 0 Å². The van der Waals surface area contributed by atoms with E-state index in [9.17, 15) is 33.0 Å². The molecule has 0 aromatic heterocycles. The summed E-state index contributed by atoms with van der Waals surface area (Å²) >= 11 is 0. The van der Waals surface area contributed by atoms with Gasteiger partial charge >= 0.3 is 65.1 Å². The maximum atomic E-state index is 11.3. The topological polar surface area (TPSA) is 201 Å². The van der Waals surface area contributed by atoms with Gasteiger partial charge in [-0.05, 0) is 6.42 Å². The standard InChI is InChI=1S/C19H38O4.C4H6O7S.2Na/c1-2-3-4-5-6-7-8-9-10-11-12-13-14-15-19(22)23-17-18(21)16-20;5-3(6)1-2(4(7)8)12(9,10)11;;/h18,20-21H,2-17H2,1H3;2H,1H2,(H,5,6)(H,7,8)(H,9,10,11);;/q;;2*+1/p-2. The van der Waals surface area contributed by atoms with Crippen molar-refractivity contribution in [3.63, 3.8) is 0 Å². The molecule has 14 heteroatoms. The van der Waals surface area contributed by atoms with Crippen LogP contribution in [0.1, 0.15) is 103 Å². The molecule has 0 aromatic rings. The molecule has 0 bridgehead atoms. The molecular weight excluding hydrogens is 530 g/mol. The summed E-state index contributed by atoms with van der Waals surface area (Å²) in [6.45, 7) is 1.78. The van der Waals surface area contributed by atoms with Crippen LogP contribution in [0.4, 0.5) is 0 Å². The minimum Gasteiger partial charge on any atom is -0.550 e. The third kappa shape index (κ3) is 32.4. The average Bonchev–Trinajstić information content (AvgIpc) is 2.78. The van der Waals surface area contributed by atoms with Crippen molar-refractivity contribution in [2.24, 2.45) is 0 Å². The Kier molecular flexibility index (Phi) is 35.0. The first-order valence-corrected chi connectivity index (χ1v) is 13.8. The predicted octanol–water partition coefficient (Wildman–Crippen LogP) is -5.50. The van der Waals surface area contributed by atoms with Gasteiger partial charge in [-0.3, -0.25) is 9.35 Å². The smallest absolute Gasteiger partial charge is 0.550 e. The normalized spacial score (nSPS) is 12.1. The van der Waals surface area contributed by atoms with E-state index in [2.05, 4.69) is 6.92 Å². The molecule has 0 saturated carbocycles. The molecule has 208 valence electrons. The molecule has 2 atom stereocenters. The fraction of sp³-hybridized carbons (Fsp3) is 0.870. The van der Waals surface area contributed by atoms with Crippen molar-refractivity contribution in [1.82, 2.24) is 0 Å². The van der Waals surface area contributed by atoms with Crippen LogP contribution in [-0.4, -0.2) is 65.7 Å². The number of carbonyl (C=O) groups is 3. The quantitative estimate of drug-likeness (QED) is 0.0513. The second-order valence-corrected chi connectivity index (χ2v) is 10.0. The first-order valence-electron chi connectivity index (χ1n) is 12.3. The van der Waals surface area contributed by atoms with Crippen molar-refractivity contribution in [2.45, 2.75) is 115 Å². The number of aliphatic hydroxyl groups is 2. The Morgan fingerprint density at radius 3 is 1.51 bits per heavy atom. The van der Waals surface area contributed by atoms with Crippen molar-refractivity contribution in [1.29, 1.82) is 0 Å². The van der Waals surface area contributed by atoms with Crippen LogP contribution in [0.25, 0.3) is 0 Å². The zero-order chi connectivity index (χ0) is 27.1. The van der Waals surface area contributed by atoms with E-state index in [1.165, 1.54) is 70.6 Å². The van der Waals surface area contributed by atoms with Crippen LogP contribution < -0.4 is 69.3 Å². The third-order valence-corrected chi connectivity index (χ3v) is 6.18. The Morgan fingerprint density at radius 2 is 1.22 bits per heavy atom. The molecule has 37 heavy (non-hydrogen) atoms. The molecule has 0 aliphatic carbocycles. The van der Waals surface area contributed by atoms with Crippen LogP contribution in [0, 0.1) is 0 Å². The summed E-state index contributed by atoms with van der Waals surface area (Å²) in [5, 5.41) is 34.9. The number of unbranched alkanes of at least 4 members (excludes halogenated alkanes) is 12. The molecule has 0 amide bonds. The minimum atomic E-state index is -4.94. The molecule has 0 spiro atoms. The summed E-state index contributed by atoms with van der Waals surface area (Å²) in [6.07, 6.45) is 14.8. The molecule has 0 rings (SSSR count). The molecule has 0 fully saturated rings. The van der Waals surface area contributed by atoms with Crippen LogP contribution in [0.5, 0.6) is 0 Å². The van der Waals surface area contributed by atoms with Crippen molar-refractivity contribution in [3.8, 4) is 0 Å². The van der Waals surface area contributed by atoms with Gasteiger partial charge in [-0.2, -0.15) is 8.42 Å². The predicted molar refractivity (Wildman–Crippen MR) is 124 cm³/mol. The van der Waals surface area contributed by atoms with E-state index < -0.39 is 39.8 Å². The van der Waals surface area contributed by atoms with E-state index in [0.29, 0.717) is 6.42 Å². The van der Waals surface area contributed by atoms with Gasteiger partial charge in [0.2, 0.25) is 0 Å². The summed E-state index contributed by atoms with van der Waals surface area (Å²) in [7, 11) is -4.94. The number of aliphatic hydroxyl groups excluding tert-OH is 2. The maximum absolute atomic E-state index is 11.3. The maximum Gasteiger partial charge on any atom is 1.00 e. The van der Waals surface area contributed by atoms with Crippen molar-refractivity contribution < 1.29 is 112 Å². The second-order valence-electron chi connectivity index (χ2n) is 8.41. The molecule has 0 aliphatic heterocycles. The average molecular weight is 573 g/mol. The fourth-order valence-corrected chi connectivity index (χ4v) is 3.65. The van der Waals surface area contributed by atoms with Gasteiger partial charge in [-0.1, -0.05) is 84.0 Å². The number of ether oxygens (including phenoxy) is 1. The van der Waals surface area contributed by atoms with E-state index in [1.54, 1.807) is 0 Å². The Labute approximate surface area is 265 Å². The summed E-state index contributed by atoms with van der Waals surface area (Å²) < 4.78 is 33.3. The Morgan fingerprint density at radius 1 is 0.811 bits per heavy atom. The fourth-order valence-electron chi connectivity index (χ4n) is 3.06. The summed E-state index contributed by atoms with van der Waals surface area (Å²) in [5.74, 6) is -4.36. The zero-order valence-electron chi connectivity index (χ0n) is 22.7. The molecule has 0 aliphatic rings. The second kappa shape index (κ2) is 29.2. The van der Waals surface area contributed by atoms with Gasteiger partial charge in [0.05, 0.1) is 12.6 Å². The van der Waals surface area contributed by atoms with Crippen molar-refractivity contribution in [2.75, 3.05) is 13.2 Å². The SMILES string of the molecule is CCCCCCCCCCCCCCCC(=O)OCC(O)CO.O=C([O-])CC(C(=O)[O-])S(=O)(=O)O.[Na+].[Na+]. The van der Waals surface area contributed by atoms with Gasteiger partial charge in [0.1, 0.15) is 18.0 Å². The minimum absolute atomic E-state index is 0. The largest absolute Gasteiger partial charge is 1.00 e. The van der Waals surface area contributed by atoms with E-state index in [-0.39, 0.29) is 78.3 Å². The number of esters is 1. The number of hydrogen-bond donors (Lipinski definition) is 3. The van der Waals surface area contributed by atoms with E-state index in [0.717, 1.165) is 12.8 Å². The first-order chi connectivity index (χ1) is 16.4. The van der Waals surface area contributed by atoms with Crippen molar-refractivity contribution >= 4 is 28.0 Å². The molecule has 2 unspecified atom stereocenters. The molecule has 3 N–H and O–H groups in total. The van der Waals surface area contributed by atoms with Crippen LogP contribution in [0.2, 0.25) is 0 Å². The first kappa shape index (κ1) is 44.3. The molecule has 0 heterocycles. The van der Waals surface area contributed by atoms with Crippen LogP contribution in [-0.2, 0) is 29.2 Å². The Hall–Kier alpha value is 0.240. The molecule has 0 saturated heterocycles. The number of hydrogen-bond acceptors (Lipinski definition) is 10. The number of carboxylic acid groups (broad SMARTS) is 2. The third-order valence-electron chi connectivity index (χ3n) is 5.11. The molecule has 0 aromatic carbocycles. The molecule has 0 radical (unpaired) electrons. The van der Waals surface area contributed by atoms with E-state index in [4.69, 9.17) is 19.5 Å². The van der Waals surface area contributed by atoms with Gasteiger partial charge in [-0.25, -0.2) is 0 Å². The number of carbonyl (C=O) groups excluding carboxylic acids is 3. The Balaban J connectivity index is -0.000000332. The zero-order valence-corrected chi connectivity index (χ0v) is 27.5. The van der Waals surface area contributed by atoms with Crippen LogP contribution in [0.3, 0.4) is 0 Å². The summed E-state index contributed by atoms with van der Waals surface area (Å²) in [6, 6.07) is 0. The van der Waals surface area contributed by atoms with Gasteiger partial charge in [0, 0.05) is 18.8 Å². The van der Waals surface area contributed by atoms with Gasteiger partial charge in [0.15, 0.2) is 0 Å². The van der Waals surface area contributed by atoms with Crippen LogP contribution in [0.15, 0.2) is 0 Å². The number of aliphatic carboxylic acids is 2. The van der Waals surface area contributed by atoms with E-state index in [1.807, 2.05) is 0 Å². The Bertz CT molecular complexity index is 676. The van der Waals surface area contributed by atoms with E-state index >= 15 is 0 Å². The van der Waals surface area contributed by atoms with Gasteiger partial charge in [0.25, 0.3) is 10.1 Å².